The summed E-state index contributed by atoms with van der Waals surface area (Å²) in [5.74, 6) is 1.51. The minimum Gasteiger partial charge on any atom is -0.497 e. The molecule has 0 saturated carbocycles. The zero-order valence-corrected chi connectivity index (χ0v) is 25.3. The molecule has 0 N–H and O–H groups in total. The van der Waals surface area contributed by atoms with Gasteiger partial charge in [0.2, 0.25) is 22.7 Å². The number of methoxy groups -OCH3 is 1. The van der Waals surface area contributed by atoms with Gasteiger partial charge in [0.1, 0.15) is 5.75 Å². The Labute approximate surface area is 252 Å². The van der Waals surface area contributed by atoms with Gasteiger partial charge >= 0.3 is 0 Å². The number of benzene rings is 3. The van der Waals surface area contributed by atoms with Crippen molar-refractivity contribution in [2.75, 3.05) is 40.1 Å². The van der Waals surface area contributed by atoms with Crippen molar-refractivity contribution in [3.8, 4) is 17.2 Å². The second-order valence-corrected chi connectivity index (χ2v) is 12.6. The number of nitrogens with zero attached hydrogens (tertiary/aromatic N) is 3. The summed E-state index contributed by atoms with van der Waals surface area (Å²) in [6, 6.07) is 20.7. The molecule has 3 aromatic carbocycles. The Morgan fingerprint density at radius 3 is 2.33 bits per heavy atom. The van der Waals surface area contributed by atoms with Gasteiger partial charge in [-0.1, -0.05) is 37.3 Å². The molecule has 0 atom stereocenters. The molecule has 2 heterocycles. The van der Waals surface area contributed by atoms with Gasteiger partial charge in [0.15, 0.2) is 11.5 Å². The van der Waals surface area contributed by atoms with Gasteiger partial charge in [0.05, 0.1) is 18.6 Å². The predicted molar refractivity (Wildman–Crippen MR) is 161 cm³/mol. The zero-order chi connectivity index (χ0) is 30.4. The Hall–Kier alpha value is -4.09. The van der Waals surface area contributed by atoms with E-state index in [0.29, 0.717) is 61.7 Å². The summed E-state index contributed by atoms with van der Waals surface area (Å²) in [5, 5.41) is 0. The van der Waals surface area contributed by atoms with Crippen LogP contribution in [0, 0.1) is 0 Å². The average molecular weight is 608 g/mol. The molecule has 2 aliphatic heterocycles. The molecular formula is C32H37N3O7S. The van der Waals surface area contributed by atoms with Crippen LogP contribution in [0.15, 0.2) is 77.7 Å². The molecule has 2 aliphatic rings. The summed E-state index contributed by atoms with van der Waals surface area (Å²) in [7, 11) is -2.27. The Morgan fingerprint density at radius 1 is 0.953 bits per heavy atom. The monoisotopic (exact) mass is 607 g/mol. The first kappa shape index (κ1) is 30.4. The fraction of sp³-hybridized carbons (Fsp3) is 0.375. The first-order valence-corrected chi connectivity index (χ1v) is 15.9. The van der Waals surface area contributed by atoms with Crippen LogP contribution in [0.3, 0.4) is 0 Å². The van der Waals surface area contributed by atoms with Gasteiger partial charge < -0.3 is 24.0 Å². The van der Waals surface area contributed by atoms with Crippen molar-refractivity contribution in [1.29, 1.82) is 0 Å². The standard InChI is InChI=1S/C32H37N3O7S/c1-3-17-34(43(38,39)28-7-5-4-6-8-28)22-31(36)35(21-24-9-12-27(40-2)13-10-24)26-15-18-33(19-16-26)32(37)25-11-14-29-30(20-25)42-23-41-29/h4-14,20,26H,3,15-19,21-23H2,1-2H3. The van der Waals surface area contributed by atoms with Crippen LogP contribution in [0.2, 0.25) is 0 Å². The largest absolute Gasteiger partial charge is 0.497 e. The summed E-state index contributed by atoms with van der Waals surface area (Å²) in [6.45, 7) is 3.23. The summed E-state index contributed by atoms with van der Waals surface area (Å²) in [5.41, 5.74) is 1.43. The molecular weight excluding hydrogens is 570 g/mol. The molecule has 3 aromatic rings. The van der Waals surface area contributed by atoms with Crippen molar-refractivity contribution < 1.29 is 32.2 Å². The molecule has 5 rings (SSSR count). The van der Waals surface area contributed by atoms with Gasteiger partial charge in [0, 0.05) is 37.8 Å². The van der Waals surface area contributed by atoms with Gasteiger partial charge in [-0.2, -0.15) is 4.31 Å². The highest BCUT2D eigenvalue weighted by atomic mass is 32.2. The number of hydrogen-bond acceptors (Lipinski definition) is 7. The number of rotatable bonds is 11. The highest BCUT2D eigenvalue weighted by Gasteiger charge is 2.33. The Kier molecular flexibility index (Phi) is 9.52. The van der Waals surface area contributed by atoms with Gasteiger partial charge in [-0.25, -0.2) is 8.42 Å². The van der Waals surface area contributed by atoms with Crippen LogP contribution in [-0.4, -0.2) is 80.5 Å². The first-order chi connectivity index (χ1) is 20.8. The van der Waals surface area contributed by atoms with Crippen molar-refractivity contribution in [3.05, 3.63) is 83.9 Å². The molecule has 0 bridgehead atoms. The fourth-order valence-corrected chi connectivity index (χ4v) is 6.96. The maximum atomic E-state index is 14.0. The third kappa shape index (κ3) is 6.94. The number of likely N-dealkylation sites (tertiary alicyclic amines) is 1. The Balaban J connectivity index is 1.33. The number of piperidine rings is 1. The number of hydrogen-bond donors (Lipinski definition) is 0. The summed E-state index contributed by atoms with van der Waals surface area (Å²) >= 11 is 0. The zero-order valence-electron chi connectivity index (χ0n) is 24.5. The predicted octanol–water partition coefficient (Wildman–Crippen LogP) is 4.16. The minimum absolute atomic E-state index is 0.104. The molecule has 43 heavy (non-hydrogen) atoms. The fourth-order valence-electron chi connectivity index (χ4n) is 5.46. The van der Waals surface area contributed by atoms with Gasteiger partial charge in [-0.15, -0.1) is 0 Å². The number of carbonyl (C=O) groups excluding carboxylic acids is 2. The van der Waals surface area contributed by atoms with Crippen molar-refractivity contribution >= 4 is 21.8 Å². The maximum Gasteiger partial charge on any atom is 0.253 e. The minimum atomic E-state index is -3.86. The van der Waals surface area contributed by atoms with Crippen LogP contribution in [-0.2, 0) is 21.4 Å². The van der Waals surface area contributed by atoms with E-state index in [1.165, 1.54) is 4.31 Å². The van der Waals surface area contributed by atoms with Crippen LogP contribution < -0.4 is 14.2 Å². The molecule has 0 radical (unpaired) electrons. The lowest BCUT2D eigenvalue weighted by Gasteiger charge is -2.39. The van der Waals surface area contributed by atoms with Gasteiger partial charge in [-0.05, 0) is 67.3 Å². The van der Waals surface area contributed by atoms with E-state index in [-0.39, 0.29) is 42.6 Å². The van der Waals surface area contributed by atoms with E-state index in [4.69, 9.17) is 14.2 Å². The molecule has 1 fully saturated rings. The van der Waals surface area contributed by atoms with Crippen molar-refractivity contribution in [2.24, 2.45) is 0 Å². The van der Waals surface area contributed by atoms with E-state index in [2.05, 4.69) is 0 Å². The number of carbonyl (C=O) groups is 2. The first-order valence-electron chi connectivity index (χ1n) is 14.5. The lowest BCUT2D eigenvalue weighted by molar-refractivity contribution is -0.135. The van der Waals surface area contributed by atoms with Gasteiger partial charge in [-0.3, -0.25) is 9.59 Å². The molecule has 1 saturated heterocycles. The highest BCUT2D eigenvalue weighted by molar-refractivity contribution is 7.89. The Bertz CT molecular complexity index is 1520. The van der Waals surface area contributed by atoms with Crippen molar-refractivity contribution in [1.82, 2.24) is 14.1 Å². The average Bonchev–Trinajstić information content (AvgIpc) is 3.52. The highest BCUT2D eigenvalue weighted by Crippen LogP contribution is 2.33. The van der Waals surface area contributed by atoms with E-state index in [1.54, 1.807) is 65.4 Å². The van der Waals surface area contributed by atoms with Crippen LogP contribution in [0.25, 0.3) is 0 Å². The molecule has 2 amide bonds. The molecule has 0 aromatic heterocycles. The third-order valence-corrected chi connectivity index (χ3v) is 9.67. The number of ether oxygens (including phenoxy) is 3. The normalized spacial score (nSPS) is 15.0. The van der Waals surface area contributed by atoms with Crippen LogP contribution in [0.5, 0.6) is 17.2 Å². The topological polar surface area (TPSA) is 106 Å². The second kappa shape index (κ2) is 13.5. The smallest absolute Gasteiger partial charge is 0.253 e. The second-order valence-electron chi connectivity index (χ2n) is 10.6. The van der Waals surface area contributed by atoms with Crippen LogP contribution >= 0.6 is 0 Å². The lowest BCUT2D eigenvalue weighted by atomic mass is 10.0. The van der Waals surface area contributed by atoms with E-state index in [9.17, 15) is 18.0 Å². The lowest BCUT2D eigenvalue weighted by Crippen LogP contribution is -2.51. The third-order valence-electron chi connectivity index (χ3n) is 7.81. The van der Waals surface area contributed by atoms with Gasteiger partial charge in [0.25, 0.3) is 5.91 Å². The number of sulfonamides is 1. The molecule has 11 heteroatoms. The van der Waals surface area contributed by atoms with Crippen LogP contribution in [0.1, 0.15) is 42.1 Å². The molecule has 0 unspecified atom stereocenters. The van der Waals surface area contributed by atoms with E-state index in [0.717, 1.165) is 5.56 Å². The SMILES string of the molecule is CCCN(CC(=O)N(Cc1ccc(OC)cc1)C1CCN(C(=O)c2ccc3c(c2)OCO3)CC1)S(=O)(=O)c1ccccc1. The maximum absolute atomic E-state index is 14.0. The number of fused-ring (bicyclic) bond motifs is 1. The number of amides is 2. The van der Waals surface area contributed by atoms with Crippen molar-refractivity contribution in [2.45, 2.75) is 43.7 Å². The van der Waals surface area contributed by atoms with E-state index < -0.39 is 10.0 Å². The molecule has 228 valence electrons. The van der Waals surface area contributed by atoms with Crippen LogP contribution in [0.4, 0.5) is 0 Å². The Morgan fingerprint density at radius 2 is 1.65 bits per heavy atom. The summed E-state index contributed by atoms with van der Waals surface area (Å²) in [4.78, 5) is 31.0. The molecule has 10 nitrogen and oxygen atoms in total. The molecule has 0 spiro atoms. The molecule has 0 aliphatic carbocycles. The van der Waals surface area contributed by atoms with E-state index in [1.807, 2.05) is 31.2 Å². The quantitative estimate of drug-likeness (QED) is 0.322. The van der Waals surface area contributed by atoms with Crippen molar-refractivity contribution in [3.63, 3.8) is 0 Å². The summed E-state index contributed by atoms with van der Waals surface area (Å²) < 4.78 is 44.3. The summed E-state index contributed by atoms with van der Waals surface area (Å²) in [6.07, 6.45) is 1.70. The van der Waals surface area contributed by atoms with E-state index >= 15 is 0 Å².